The zero-order valence-electron chi connectivity index (χ0n) is 14.3. The predicted molar refractivity (Wildman–Crippen MR) is 103 cm³/mol. The van der Waals surface area contributed by atoms with Gasteiger partial charge in [-0.25, -0.2) is 0 Å². The number of carbonyl (C=O) groups is 1. The number of nitrogens with zero attached hydrogens (tertiary/aromatic N) is 1. The Morgan fingerprint density at radius 2 is 1.92 bits per heavy atom. The molecule has 2 aromatic carbocycles. The first-order valence-electron chi connectivity index (χ1n) is 7.83. The quantitative estimate of drug-likeness (QED) is 0.756. The second-order valence-electron chi connectivity index (χ2n) is 5.86. The van der Waals surface area contributed by atoms with Crippen molar-refractivity contribution >= 4 is 29.3 Å². The number of benzene rings is 2. The summed E-state index contributed by atoms with van der Waals surface area (Å²) in [5.74, 6) is -0.129. The van der Waals surface area contributed by atoms with Crippen molar-refractivity contribution in [1.29, 1.82) is 0 Å². The van der Waals surface area contributed by atoms with Crippen LogP contribution in [0.2, 0.25) is 5.02 Å². The largest absolute Gasteiger partial charge is 0.350 e. The van der Waals surface area contributed by atoms with E-state index in [1.807, 2.05) is 50.7 Å². The lowest BCUT2D eigenvalue weighted by Crippen LogP contribution is -2.41. The van der Waals surface area contributed by atoms with Crippen LogP contribution in [0.1, 0.15) is 15.9 Å². The maximum absolute atomic E-state index is 12.5. The maximum atomic E-state index is 12.5. The Morgan fingerprint density at radius 1 is 1.21 bits per heavy atom. The van der Waals surface area contributed by atoms with Gasteiger partial charge in [-0.1, -0.05) is 41.9 Å². The van der Waals surface area contributed by atoms with E-state index in [0.29, 0.717) is 17.1 Å². The van der Waals surface area contributed by atoms with Gasteiger partial charge < -0.3 is 10.2 Å². The van der Waals surface area contributed by atoms with Crippen LogP contribution in [0.15, 0.2) is 53.4 Å². The van der Waals surface area contributed by atoms with Crippen molar-refractivity contribution in [1.82, 2.24) is 10.2 Å². The fourth-order valence-electron chi connectivity index (χ4n) is 2.43. The summed E-state index contributed by atoms with van der Waals surface area (Å²) < 4.78 is 0. The van der Waals surface area contributed by atoms with Gasteiger partial charge in [0.1, 0.15) is 0 Å². The minimum Gasteiger partial charge on any atom is -0.350 e. The molecule has 1 atom stereocenters. The van der Waals surface area contributed by atoms with Gasteiger partial charge in [0.05, 0.1) is 10.6 Å². The Bertz CT molecular complexity index is 676. The summed E-state index contributed by atoms with van der Waals surface area (Å²) in [5.41, 5.74) is 1.79. The number of thioether (sulfide) groups is 1. The topological polar surface area (TPSA) is 32.3 Å². The summed E-state index contributed by atoms with van der Waals surface area (Å²) in [4.78, 5) is 15.6. The molecule has 0 fully saturated rings. The molecular weight excluding hydrogens is 340 g/mol. The molecule has 1 unspecified atom stereocenters. The molecule has 0 aliphatic rings. The molecule has 3 nitrogen and oxygen atoms in total. The van der Waals surface area contributed by atoms with Crippen LogP contribution in [0.5, 0.6) is 0 Å². The molecule has 0 bridgehead atoms. The van der Waals surface area contributed by atoms with Gasteiger partial charge in [0.25, 0.3) is 5.91 Å². The van der Waals surface area contributed by atoms with Crippen LogP contribution >= 0.6 is 23.4 Å². The number of rotatable bonds is 7. The number of halogens is 1. The highest BCUT2D eigenvalue weighted by Crippen LogP contribution is 2.23. The second kappa shape index (κ2) is 9.11. The molecule has 2 aromatic rings. The number of carbonyl (C=O) groups excluding carboxylic acids is 1. The summed E-state index contributed by atoms with van der Waals surface area (Å²) in [6, 6.07) is 16.0. The lowest BCUT2D eigenvalue weighted by molar-refractivity contribution is 0.0941. The van der Waals surface area contributed by atoms with Crippen LogP contribution in [-0.4, -0.2) is 43.7 Å². The van der Waals surface area contributed by atoms with Gasteiger partial charge in [-0.15, -0.1) is 11.8 Å². The van der Waals surface area contributed by atoms with E-state index in [4.69, 9.17) is 11.6 Å². The summed E-state index contributed by atoms with van der Waals surface area (Å²) in [7, 11) is 4.06. The molecule has 1 amide bonds. The highest BCUT2D eigenvalue weighted by atomic mass is 35.5. The van der Waals surface area contributed by atoms with Crippen LogP contribution < -0.4 is 5.32 Å². The first-order valence-corrected chi connectivity index (χ1v) is 9.43. The molecule has 5 heteroatoms. The van der Waals surface area contributed by atoms with Gasteiger partial charge in [0, 0.05) is 17.5 Å². The van der Waals surface area contributed by atoms with Crippen molar-refractivity contribution < 1.29 is 4.79 Å². The zero-order chi connectivity index (χ0) is 17.5. The van der Waals surface area contributed by atoms with E-state index in [1.165, 1.54) is 5.56 Å². The average molecular weight is 363 g/mol. The first kappa shape index (κ1) is 18.8. The lowest BCUT2D eigenvalue weighted by Gasteiger charge is -2.25. The van der Waals surface area contributed by atoms with Crippen molar-refractivity contribution in [2.75, 3.05) is 26.9 Å². The molecular formula is C19H23ClN2OS. The standard InChI is InChI=1S/C19H23ClN2OS/c1-22(2)15(11-14-7-5-4-6-8-14)13-21-19(23)17-12-16(24-3)9-10-18(17)20/h4-10,12,15H,11,13H2,1-3H3,(H,21,23). The van der Waals surface area contributed by atoms with Gasteiger partial charge in [0.15, 0.2) is 0 Å². The molecule has 0 aliphatic heterocycles. The number of nitrogens with one attached hydrogen (secondary N) is 1. The molecule has 0 aliphatic carbocycles. The summed E-state index contributed by atoms with van der Waals surface area (Å²) >= 11 is 7.77. The average Bonchev–Trinajstić information content (AvgIpc) is 2.59. The molecule has 1 N–H and O–H groups in total. The lowest BCUT2D eigenvalue weighted by atomic mass is 10.0. The third-order valence-electron chi connectivity index (χ3n) is 3.96. The van der Waals surface area contributed by atoms with Crippen LogP contribution in [0.3, 0.4) is 0 Å². The fraction of sp³-hybridized carbons (Fsp3) is 0.316. The Labute approximate surface area is 153 Å². The minimum absolute atomic E-state index is 0.129. The van der Waals surface area contributed by atoms with E-state index in [0.717, 1.165) is 11.3 Å². The highest BCUT2D eigenvalue weighted by molar-refractivity contribution is 7.98. The van der Waals surface area contributed by atoms with E-state index in [1.54, 1.807) is 17.8 Å². The molecule has 128 valence electrons. The molecule has 2 rings (SSSR count). The van der Waals surface area contributed by atoms with Crippen molar-refractivity contribution in [2.24, 2.45) is 0 Å². The van der Waals surface area contributed by atoms with Crippen molar-refractivity contribution in [2.45, 2.75) is 17.4 Å². The maximum Gasteiger partial charge on any atom is 0.252 e. The summed E-state index contributed by atoms with van der Waals surface area (Å²) in [5, 5.41) is 3.50. The molecule has 0 aromatic heterocycles. The van der Waals surface area contributed by atoms with Crippen molar-refractivity contribution in [3.05, 3.63) is 64.7 Å². The minimum atomic E-state index is -0.129. The van der Waals surface area contributed by atoms with Crippen LogP contribution in [0.4, 0.5) is 0 Å². The summed E-state index contributed by atoms with van der Waals surface area (Å²) in [6.07, 6.45) is 2.86. The Kier molecular flexibility index (Phi) is 7.16. The van der Waals surface area contributed by atoms with E-state index in [-0.39, 0.29) is 11.9 Å². The number of hydrogen-bond acceptors (Lipinski definition) is 3. The summed E-state index contributed by atoms with van der Waals surface area (Å²) in [6.45, 7) is 0.570. The molecule has 0 spiro atoms. The SMILES string of the molecule is CSc1ccc(Cl)c(C(=O)NCC(Cc2ccccc2)N(C)C)c1. The molecule has 24 heavy (non-hydrogen) atoms. The van der Waals surface area contributed by atoms with Crippen LogP contribution in [0.25, 0.3) is 0 Å². The van der Waals surface area contributed by atoms with Gasteiger partial charge in [-0.05, 0) is 50.5 Å². The van der Waals surface area contributed by atoms with Gasteiger partial charge in [-0.3, -0.25) is 4.79 Å². The van der Waals surface area contributed by atoms with Crippen LogP contribution in [-0.2, 0) is 6.42 Å². The monoisotopic (exact) mass is 362 g/mol. The van der Waals surface area contributed by atoms with Gasteiger partial charge in [0.2, 0.25) is 0 Å². The smallest absolute Gasteiger partial charge is 0.252 e. The molecule has 0 heterocycles. The number of hydrogen-bond donors (Lipinski definition) is 1. The van der Waals surface area contributed by atoms with Gasteiger partial charge in [-0.2, -0.15) is 0 Å². The molecule has 0 radical (unpaired) electrons. The van der Waals surface area contributed by atoms with E-state index < -0.39 is 0 Å². The third kappa shape index (κ3) is 5.26. The van der Waals surface area contributed by atoms with E-state index >= 15 is 0 Å². The van der Waals surface area contributed by atoms with E-state index in [2.05, 4.69) is 22.3 Å². The zero-order valence-corrected chi connectivity index (χ0v) is 15.8. The second-order valence-corrected chi connectivity index (χ2v) is 7.15. The van der Waals surface area contributed by atoms with Crippen LogP contribution in [0, 0.1) is 0 Å². The Balaban J connectivity index is 2.02. The van der Waals surface area contributed by atoms with Crippen molar-refractivity contribution in [3.8, 4) is 0 Å². The number of likely N-dealkylation sites (N-methyl/N-ethyl adjacent to an activating group) is 1. The highest BCUT2D eigenvalue weighted by Gasteiger charge is 2.16. The van der Waals surface area contributed by atoms with Gasteiger partial charge >= 0.3 is 0 Å². The Morgan fingerprint density at radius 3 is 2.54 bits per heavy atom. The third-order valence-corrected chi connectivity index (χ3v) is 5.02. The van der Waals surface area contributed by atoms with E-state index in [9.17, 15) is 4.79 Å². The normalized spacial score (nSPS) is 12.2. The number of amides is 1. The Hall–Kier alpha value is -1.49. The molecule has 0 saturated heterocycles. The fourth-order valence-corrected chi connectivity index (χ4v) is 3.08. The predicted octanol–water partition coefficient (Wildman–Crippen LogP) is 3.96. The first-order chi connectivity index (χ1) is 11.5. The van der Waals surface area contributed by atoms with Crippen molar-refractivity contribution in [3.63, 3.8) is 0 Å². The molecule has 0 saturated carbocycles.